The van der Waals surface area contributed by atoms with Gasteiger partial charge in [0.25, 0.3) is 0 Å². The van der Waals surface area contributed by atoms with Gasteiger partial charge in [0.2, 0.25) is 0 Å². The summed E-state index contributed by atoms with van der Waals surface area (Å²) in [7, 11) is 3.06. The SMILES string of the molecule is CN/N=C/C(=N\NC)C(O)C(O)C(O)CO. The fourth-order valence-corrected chi connectivity index (χ4v) is 0.925. The van der Waals surface area contributed by atoms with Gasteiger partial charge in [-0.15, -0.1) is 0 Å². The molecule has 0 amide bonds. The first-order valence-corrected chi connectivity index (χ1v) is 4.67. The molecule has 0 aromatic heterocycles. The van der Waals surface area contributed by atoms with Gasteiger partial charge in [-0.2, -0.15) is 10.2 Å². The first-order valence-electron chi connectivity index (χ1n) is 4.67. The van der Waals surface area contributed by atoms with E-state index in [4.69, 9.17) is 10.2 Å². The molecule has 0 saturated heterocycles. The summed E-state index contributed by atoms with van der Waals surface area (Å²) >= 11 is 0. The van der Waals surface area contributed by atoms with Gasteiger partial charge < -0.3 is 31.3 Å². The van der Waals surface area contributed by atoms with E-state index >= 15 is 0 Å². The molecule has 3 unspecified atom stereocenters. The zero-order chi connectivity index (χ0) is 12.6. The molecule has 0 aliphatic carbocycles. The third-order valence-electron chi connectivity index (χ3n) is 1.77. The van der Waals surface area contributed by atoms with Crippen LogP contribution in [-0.4, -0.2) is 71.4 Å². The van der Waals surface area contributed by atoms with Crippen LogP contribution in [0.2, 0.25) is 0 Å². The third kappa shape index (κ3) is 4.53. The van der Waals surface area contributed by atoms with Crippen LogP contribution < -0.4 is 10.9 Å². The molecule has 3 atom stereocenters. The van der Waals surface area contributed by atoms with Gasteiger partial charge in [-0.05, 0) is 0 Å². The Kier molecular flexibility index (Phi) is 7.38. The summed E-state index contributed by atoms with van der Waals surface area (Å²) in [5.41, 5.74) is 4.90. The molecule has 0 fully saturated rings. The first kappa shape index (κ1) is 14.8. The van der Waals surface area contributed by atoms with Crippen molar-refractivity contribution in [2.24, 2.45) is 10.2 Å². The van der Waals surface area contributed by atoms with Crippen LogP contribution in [-0.2, 0) is 0 Å². The average Bonchev–Trinajstić information content (AvgIpc) is 2.31. The lowest BCUT2D eigenvalue weighted by atomic mass is 10.0. The molecule has 0 rings (SSSR count). The summed E-state index contributed by atoms with van der Waals surface area (Å²) in [5, 5.41) is 44.1. The van der Waals surface area contributed by atoms with Gasteiger partial charge in [0.1, 0.15) is 24.0 Å². The van der Waals surface area contributed by atoms with Crippen molar-refractivity contribution < 1.29 is 20.4 Å². The van der Waals surface area contributed by atoms with E-state index in [-0.39, 0.29) is 5.71 Å². The fourth-order valence-electron chi connectivity index (χ4n) is 0.925. The van der Waals surface area contributed by atoms with Crippen LogP contribution in [0.4, 0.5) is 0 Å². The molecule has 0 radical (unpaired) electrons. The van der Waals surface area contributed by atoms with E-state index in [1.54, 1.807) is 7.05 Å². The smallest absolute Gasteiger partial charge is 0.128 e. The highest BCUT2D eigenvalue weighted by molar-refractivity contribution is 6.32. The van der Waals surface area contributed by atoms with Crippen LogP contribution in [0.5, 0.6) is 0 Å². The Morgan fingerprint density at radius 1 is 1.25 bits per heavy atom. The molecule has 0 aromatic rings. The number of hydrogen-bond donors (Lipinski definition) is 6. The van der Waals surface area contributed by atoms with Gasteiger partial charge in [0.05, 0.1) is 12.8 Å². The van der Waals surface area contributed by atoms with E-state index in [1.807, 2.05) is 0 Å². The number of nitrogens with one attached hydrogen (secondary N) is 2. The molecular weight excluding hydrogens is 216 g/mol. The van der Waals surface area contributed by atoms with E-state index in [2.05, 4.69) is 21.1 Å². The number of hydrogen-bond acceptors (Lipinski definition) is 8. The molecule has 0 spiro atoms. The average molecular weight is 234 g/mol. The first-order chi connectivity index (χ1) is 7.58. The molecule has 8 nitrogen and oxygen atoms in total. The summed E-state index contributed by atoms with van der Waals surface area (Å²) in [4.78, 5) is 0. The lowest BCUT2D eigenvalue weighted by Crippen LogP contribution is -2.44. The van der Waals surface area contributed by atoms with Gasteiger partial charge in [-0.1, -0.05) is 0 Å². The topological polar surface area (TPSA) is 130 Å². The summed E-state index contributed by atoms with van der Waals surface area (Å²) in [6, 6.07) is 0. The third-order valence-corrected chi connectivity index (χ3v) is 1.77. The second kappa shape index (κ2) is 7.99. The standard InChI is InChI=1S/C8H18N4O4/c1-9-11-3-5(12-10-2)7(15)8(16)6(14)4-13/h3,6-10,13-16H,4H2,1-2H3/b11-3+,12-5+. The minimum atomic E-state index is -1.54. The highest BCUT2D eigenvalue weighted by Crippen LogP contribution is 2.01. The van der Waals surface area contributed by atoms with E-state index in [1.165, 1.54) is 13.3 Å². The van der Waals surface area contributed by atoms with Crippen LogP contribution >= 0.6 is 0 Å². The molecule has 0 bridgehead atoms. The van der Waals surface area contributed by atoms with Gasteiger partial charge in [-0.3, -0.25) is 0 Å². The van der Waals surface area contributed by atoms with Crippen LogP contribution in [0.25, 0.3) is 0 Å². The number of rotatable bonds is 7. The zero-order valence-corrected chi connectivity index (χ0v) is 9.20. The largest absolute Gasteiger partial charge is 0.394 e. The monoisotopic (exact) mass is 234 g/mol. The molecule has 0 heterocycles. The van der Waals surface area contributed by atoms with Gasteiger partial charge in [-0.25, -0.2) is 0 Å². The normalized spacial score (nSPS) is 18.2. The Morgan fingerprint density at radius 3 is 2.31 bits per heavy atom. The van der Waals surface area contributed by atoms with Gasteiger partial charge in [0, 0.05) is 14.1 Å². The van der Waals surface area contributed by atoms with Crippen molar-refractivity contribution in [3.05, 3.63) is 0 Å². The lowest BCUT2D eigenvalue weighted by Gasteiger charge is -2.21. The Morgan fingerprint density at radius 2 is 1.88 bits per heavy atom. The number of aliphatic hydroxyl groups excluding tert-OH is 4. The molecule has 0 aromatic carbocycles. The van der Waals surface area contributed by atoms with Crippen LogP contribution in [0.3, 0.4) is 0 Å². The molecule has 0 aliphatic heterocycles. The van der Waals surface area contributed by atoms with E-state index in [9.17, 15) is 10.2 Å². The van der Waals surface area contributed by atoms with Crippen molar-refractivity contribution in [2.45, 2.75) is 18.3 Å². The Balaban J connectivity index is 4.67. The van der Waals surface area contributed by atoms with Gasteiger partial charge >= 0.3 is 0 Å². The molecule has 16 heavy (non-hydrogen) atoms. The molecule has 6 N–H and O–H groups in total. The predicted molar refractivity (Wildman–Crippen MR) is 59.2 cm³/mol. The number of aliphatic hydroxyl groups is 4. The second-order valence-corrected chi connectivity index (χ2v) is 2.93. The maximum Gasteiger partial charge on any atom is 0.128 e. The summed E-state index contributed by atoms with van der Waals surface area (Å²) < 4.78 is 0. The molecule has 94 valence electrons. The Bertz CT molecular complexity index is 246. The quantitative estimate of drug-likeness (QED) is 0.204. The van der Waals surface area contributed by atoms with E-state index in [0.717, 1.165) is 0 Å². The maximum absolute atomic E-state index is 9.63. The molecule has 0 aliphatic rings. The maximum atomic E-state index is 9.63. The molecule has 0 saturated carbocycles. The van der Waals surface area contributed by atoms with E-state index < -0.39 is 24.9 Å². The van der Waals surface area contributed by atoms with Gasteiger partial charge in [0.15, 0.2) is 0 Å². The van der Waals surface area contributed by atoms with Crippen LogP contribution in [0.15, 0.2) is 10.2 Å². The number of hydrazone groups is 2. The summed E-state index contributed by atoms with van der Waals surface area (Å²) in [5.74, 6) is 0. The molecule has 8 heteroatoms. The fraction of sp³-hybridized carbons (Fsp3) is 0.750. The highest BCUT2D eigenvalue weighted by Gasteiger charge is 2.27. The van der Waals surface area contributed by atoms with Crippen LogP contribution in [0.1, 0.15) is 0 Å². The lowest BCUT2D eigenvalue weighted by molar-refractivity contribution is -0.0549. The Hall–Kier alpha value is -1.22. The van der Waals surface area contributed by atoms with Crippen LogP contribution in [0, 0.1) is 0 Å². The van der Waals surface area contributed by atoms with Crippen molar-refractivity contribution in [1.29, 1.82) is 0 Å². The van der Waals surface area contributed by atoms with Crippen molar-refractivity contribution in [3.8, 4) is 0 Å². The summed E-state index contributed by atoms with van der Waals surface area (Å²) in [6.07, 6.45) is -3.25. The molecular formula is C8H18N4O4. The summed E-state index contributed by atoms with van der Waals surface area (Å²) in [6.45, 7) is -0.659. The van der Waals surface area contributed by atoms with E-state index in [0.29, 0.717) is 0 Å². The zero-order valence-electron chi connectivity index (χ0n) is 9.20. The van der Waals surface area contributed by atoms with Crippen molar-refractivity contribution in [1.82, 2.24) is 10.9 Å². The minimum Gasteiger partial charge on any atom is -0.394 e. The predicted octanol–water partition coefficient (Wildman–Crippen LogP) is -3.16. The second-order valence-electron chi connectivity index (χ2n) is 2.93. The van der Waals surface area contributed by atoms with Crippen molar-refractivity contribution >= 4 is 11.9 Å². The van der Waals surface area contributed by atoms with Crippen molar-refractivity contribution in [3.63, 3.8) is 0 Å². The van der Waals surface area contributed by atoms with Crippen molar-refractivity contribution in [2.75, 3.05) is 20.7 Å². The number of nitrogens with zero attached hydrogens (tertiary/aromatic N) is 2. The Labute approximate surface area is 93.3 Å². The highest BCUT2D eigenvalue weighted by atomic mass is 16.4. The minimum absolute atomic E-state index is 0.0249.